The van der Waals surface area contributed by atoms with E-state index in [4.69, 9.17) is 11.0 Å². The normalized spacial score (nSPS) is 10.4. The third-order valence-corrected chi connectivity index (χ3v) is 3.72. The molecular weight excluding hydrogens is 244 g/mol. The number of aromatic amines is 1. The second kappa shape index (κ2) is 4.09. The molecule has 3 N–H and O–H groups in total. The Morgan fingerprint density at radius 3 is 2.94 bits per heavy atom. The molecule has 0 saturated heterocycles. The van der Waals surface area contributed by atoms with Gasteiger partial charge in [0, 0.05) is 11.5 Å². The van der Waals surface area contributed by atoms with Gasteiger partial charge in [0.1, 0.15) is 15.8 Å². The van der Waals surface area contributed by atoms with E-state index < -0.39 is 0 Å². The Morgan fingerprint density at radius 1 is 1.33 bits per heavy atom. The van der Waals surface area contributed by atoms with Crippen LogP contribution in [0.2, 0.25) is 0 Å². The smallest absolute Gasteiger partial charge is 0.176 e. The van der Waals surface area contributed by atoms with E-state index in [1.165, 1.54) is 11.3 Å². The predicted molar refractivity (Wildman–Crippen MR) is 70.7 cm³/mol. The number of pyridine rings is 2. The summed E-state index contributed by atoms with van der Waals surface area (Å²) in [6.45, 7) is 0. The van der Waals surface area contributed by atoms with Crippen LogP contribution >= 0.6 is 11.3 Å². The van der Waals surface area contributed by atoms with Gasteiger partial charge in [0.2, 0.25) is 0 Å². The number of H-pyrrole nitrogens is 1. The first kappa shape index (κ1) is 10.7. The fourth-order valence-electron chi connectivity index (χ4n) is 1.79. The Labute approximate surface area is 107 Å². The van der Waals surface area contributed by atoms with Crippen molar-refractivity contribution < 1.29 is 4.98 Å². The molecule has 0 fully saturated rings. The number of hydrogen-bond acceptors (Lipinski definition) is 4. The van der Waals surface area contributed by atoms with E-state index >= 15 is 0 Å². The summed E-state index contributed by atoms with van der Waals surface area (Å²) in [6, 6.07) is 9.82. The SMILES string of the molecule is N#Cc1sc2nc(-c3ccc[nH+]c3)ccc2c1N. The molecule has 0 atom stereocenters. The minimum atomic E-state index is 0.522. The molecule has 3 aromatic rings. The van der Waals surface area contributed by atoms with Crippen molar-refractivity contribution in [2.75, 3.05) is 5.73 Å². The Balaban J connectivity index is 2.21. The number of nitrogens with zero attached hydrogens (tertiary/aromatic N) is 2. The summed E-state index contributed by atoms with van der Waals surface area (Å²) < 4.78 is 0. The lowest BCUT2D eigenvalue weighted by molar-refractivity contribution is -0.377. The first-order valence-electron chi connectivity index (χ1n) is 5.35. The number of hydrogen-bond donors (Lipinski definition) is 1. The first-order valence-corrected chi connectivity index (χ1v) is 6.17. The molecule has 0 saturated carbocycles. The Hall–Kier alpha value is -2.45. The average Bonchev–Trinajstić information content (AvgIpc) is 2.76. The Morgan fingerprint density at radius 2 is 2.22 bits per heavy atom. The van der Waals surface area contributed by atoms with Crippen LogP contribution in [0.25, 0.3) is 21.5 Å². The fraction of sp³-hybridized carbons (Fsp3) is 0. The second-order valence-electron chi connectivity index (χ2n) is 3.80. The Bertz CT molecular complexity index is 756. The maximum atomic E-state index is 8.95. The highest BCUT2D eigenvalue weighted by molar-refractivity contribution is 7.19. The number of nitriles is 1. The summed E-state index contributed by atoms with van der Waals surface area (Å²) in [7, 11) is 0. The number of thiophene rings is 1. The summed E-state index contributed by atoms with van der Waals surface area (Å²) in [6.07, 6.45) is 3.73. The van der Waals surface area contributed by atoms with E-state index in [9.17, 15) is 0 Å². The molecule has 4 nitrogen and oxygen atoms in total. The number of aromatic nitrogens is 2. The zero-order valence-electron chi connectivity index (χ0n) is 9.34. The van der Waals surface area contributed by atoms with Crippen molar-refractivity contribution in [3.05, 3.63) is 41.5 Å². The first-order chi connectivity index (χ1) is 8.79. The van der Waals surface area contributed by atoms with E-state index in [2.05, 4.69) is 16.0 Å². The van der Waals surface area contributed by atoms with E-state index in [1.807, 2.05) is 36.7 Å². The maximum absolute atomic E-state index is 8.95. The summed E-state index contributed by atoms with van der Waals surface area (Å²) in [4.78, 5) is 8.88. The summed E-state index contributed by atoms with van der Waals surface area (Å²) in [5, 5.41) is 9.80. The van der Waals surface area contributed by atoms with Gasteiger partial charge in [-0.05, 0) is 18.2 Å². The molecule has 3 rings (SSSR count). The molecule has 0 bridgehead atoms. The van der Waals surface area contributed by atoms with Gasteiger partial charge in [-0.15, -0.1) is 11.3 Å². The van der Waals surface area contributed by atoms with Gasteiger partial charge in [0.15, 0.2) is 12.4 Å². The number of rotatable bonds is 1. The number of anilines is 1. The number of nitrogen functional groups attached to an aromatic ring is 1. The second-order valence-corrected chi connectivity index (χ2v) is 4.80. The molecule has 86 valence electrons. The van der Waals surface area contributed by atoms with Gasteiger partial charge in [-0.3, -0.25) is 0 Å². The average molecular weight is 253 g/mol. The highest BCUT2D eigenvalue weighted by atomic mass is 32.1. The van der Waals surface area contributed by atoms with Crippen LogP contribution in [-0.4, -0.2) is 4.98 Å². The number of nitrogens with one attached hydrogen (secondary N) is 1. The lowest BCUT2D eigenvalue weighted by Crippen LogP contribution is -1.98. The predicted octanol–water partition coefficient (Wildman–Crippen LogP) is 2.23. The van der Waals surface area contributed by atoms with Crippen LogP contribution in [0.3, 0.4) is 0 Å². The lowest BCUT2D eigenvalue weighted by Gasteiger charge is -1.97. The van der Waals surface area contributed by atoms with Crippen LogP contribution in [0.5, 0.6) is 0 Å². The van der Waals surface area contributed by atoms with E-state index in [-0.39, 0.29) is 0 Å². The molecule has 0 aliphatic heterocycles. The molecule has 3 aromatic heterocycles. The van der Waals surface area contributed by atoms with E-state index in [0.717, 1.165) is 21.5 Å². The molecule has 0 aliphatic carbocycles. The van der Waals surface area contributed by atoms with Crippen molar-refractivity contribution in [2.45, 2.75) is 0 Å². The van der Waals surface area contributed by atoms with Gasteiger partial charge in [-0.1, -0.05) is 0 Å². The zero-order chi connectivity index (χ0) is 12.5. The van der Waals surface area contributed by atoms with Gasteiger partial charge in [-0.2, -0.15) is 5.26 Å². The molecule has 0 radical (unpaired) electrons. The highest BCUT2D eigenvalue weighted by Gasteiger charge is 2.11. The largest absolute Gasteiger partial charge is 0.396 e. The molecule has 0 spiro atoms. The van der Waals surface area contributed by atoms with Crippen molar-refractivity contribution in [3.8, 4) is 17.3 Å². The van der Waals surface area contributed by atoms with Crippen LogP contribution in [0, 0.1) is 11.3 Å². The maximum Gasteiger partial charge on any atom is 0.176 e. The van der Waals surface area contributed by atoms with E-state index in [0.29, 0.717) is 10.6 Å². The van der Waals surface area contributed by atoms with Gasteiger partial charge in [-0.25, -0.2) is 9.97 Å². The summed E-state index contributed by atoms with van der Waals surface area (Å²) >= 11 is 1.33. The quantitative estimate of drug-likeness (QED) is 0.722. The molecule has 0 aliphatic rings. The van der Waals surface area contributed by atoms with Crippen molar-refractivity contribution in [3.63, 3.8) is 0 Å². The molecule has 0 unspecified atom stereocenters. The molecule has 5 heteroatoms. The van der Waals surface area contributed by atoms with Crippen molar-refractivity contribution in [1.82, 2.24) is 4.98 Å². The van der Waals surface area contributed by atoms with Gasteiger partial charge in [0.05, 0.1) is 16.9 Å². The third-order valence-electron chi connectivity index (χ3n) is 2.70. The van der Waals surface area contributed by atoms with Crippen LogP contribution in [0.4, 0.5) is 5.69 Å². The standard InChI is InChI=1S/C13H8N4S/c14-6-11-12(15)9-3-4-10(17-13(9)18-11)8-2-1-5-16-7-8/h1-5,7H,15H2/p+1. The molecule has 18 heavy (non-hydrogen) atoms. The van der Waals surface area contributed by atoms with Crippen LogP contribution in [0.15, 0.2) is 36.7 Å². The number of nitrogens with two attached hydrogens (primary N) is 1. The molecule has 0 aromatic carbocycles. The van der Waals surface area contributed by atoms with Gasteiger partial charge >= 0.3 is 0 Å². The molecule has 0 amide bonds. The zero-order valence-corrected chi connectivity index (χ0v) is 10.2. The van der Waals surface area contributed by atoms with Crippen molar-refractivity contribution in [2.24, 2.45) is 0 Å². The molecule has 3 heterocycles. The Kier molecular flexibility index (Phi) is 2.43. The topological polar surface area (TPSA) is 76.8 Å². The van der Waals surface area contributed by atoms with Crippen molar-refractivity contribution >= 4 is 27.2 Å². The van der Waals surface area contributed by atoms with Crippen LogP contribution in [-0.2, 0) is 0 Å². The van der Waals surface area contributed by atoms with E-state index in [1.54, 1.807) is 0 Å². The number of fused-ring (bicyclic) bond motifs is 1. The minimum absolute atomic E-state index is 0.522. The van der Waals surface area contributed by atoms with Gasteiger partial charge in [0.25, 0.3) is 0 Å². The fourth-order valence-corrected chi connectivity index (χ4v) is 2.68. The monoisotopic (exact) mass is 253 g/mol. The van der Waals surface area contributed by atoms with Gasteiger partial charge < -0.3 is 5.73 Å². The lowest BCUT2D eigenvalue weighted by atomic mass is 10.2. The summed E-state index contributed by atoms with van der Waals surface area (Å²) in [5.41, 5.74) is 8.27. The highest BCUT2D eigenvalue weighted by Crippen LogP contribution is 2.33. The van der Waals surface area contributed by atoms with Crippen molar-refractivity contribution in [1.29, 1.82) is 5.26 Å². The van der Waals surface area contributed by atoms with Crippen LogP contribution in [0.1, 0.15) is 4.88 Å². The minimum Gasteiger partial charge on any atom is -0.396 e. The third kappa shape index (κ3) is 1.60. The summed E-state index contributed by atoms with van der Waals surface area (Å²) in [5.74, 6) is 0. The van der Waals surface area contributed by atoms with Crippen LogP contribution < -0.4 is 10.7 Å². The molecular formula is C13H9N4S+.